The highest BCUT2D eigenvalue weighted by atomic mass is 127. The first-order chi connectivity index (χ1) is 12.6. The Labute approximate surface area is 174 Å². The van der Waals surface area contributed by atoms with Crippen LogP contribution >= 0.6 is 24.0 Å². The number of benzene rings is 2. The van der Waals surface area contributed by atoms with Crippen LogP contribution in [0.3, 0.4) is 0 Å². The number of nitrogens with zero attached hydrogens (tertiary/aromatic N) is 1. The van der Waals surface area contributed by atoms with E-state index in [1.807, 2.05) is 24.3 Å². The summed E-state index contributed by atoms with van der Waals surface area (Å²) in [5.41, 5.74) is 6.66. The van der Waals surface area contributed by atoms with Crippen LogP contribution in [0.2, 0.25) is 0 Å². The third-order valence-electron chi connectivity index (χ3n) is 5.18. The van der Waals surface area contributed by atoms with Crippen molar-refractivity contribution in [2.24, 2.45) is 10.7 Å². The predicted molar refractivity (Wildman–Crippen MR) is 112 cm³/mol. The monoisotopic (exact) mass is 485 g/mol. The molecule has 2 aromatic rings. The Bertz CT molecular complexity index is 835. The molecule has 1 atom stereocenters. The standard InChI is InChI=1S/C20H21F2N3O.HI/c21-14-5-3-6-15(22)18(14)20(9-10-20)12-24-19(23)25-16-8-11-26-17-7-2-1-4-13(16)17;/h1-7,16H,8-12H2,(H3,23,24,25);1H. The third kappa shape index (κ3) is 4.02. The summed E-state index contributed by atoms with van der Waals surface area (Å²) < 4.78 is 33.8. The first kappa shape index (κ1) is 19.9. The second-order valence-corrected chi connectivity index (χ2v) is 6.95. The minimum absolute atomic E-state index is 0. The molecule has 144 valence electrons. The van der Waals surface area contributed by atoms with Gasteiger partial charge in [0.1, 0.15) is 17.4 Å². The van der Waals surface area contributed by atoms with Crippen LogP contribution in [0.25, 0.3) is 0 Å². The van der Waals surface area contributed by atoms with Crippen LogP contribution in [-0.2, 0) is 5.41 Å². The van der Waals surface area contributed by atoms with Gasteiger partial charge in [-0.2, -0.15) is 0 Å². The van der Waals surface area contributed by atoms with Crippen molar-refractivity contribution in [3.63, 3.8) is 0 Å². The molecule has 2 aromatic carbocycles. The van der Waals surface area contributed by atoms with Crippen LogP contribution in [0.15, 0.2) is 47.5 Å². The zero-order valence-corrected chi connectivity index (χ0v) is 17.1. The molecule has 0 bridgehead atoms. The average molecular weight is 485 g/mol. The van der Waals surface area contributed by atoms with Crippen molar-refractivity contribution >= 4 is 29.9 Å². The van der Waals surface area contributed by atoms with Crippen molar-refractivity contribution in [1.29, 1.82) is 0 Å². The van der Waals surface area contributed by atoms with Crippen LogP contribution in [0.4, 0.5) is 8.78 Å². The van der Waals surface area contributed by atoms with E-state index in [1.165, 1.54) is 18.2 Å². The Balaban J connectivity index is 0.00000210. The Hall–Kier alpha value is -1.90. The second-order valence-electron chi connectivity index (χ2n) is 6.95. The van der Waals surface area contributed by atoms with Gasteiger partial charge >= 0.3 is 0 Å². The summed E-state index contributed by atoms with van der Waals surface area (Å²) >= 11 is 0. The lowest BCUT2D eigenvalue weighted by atomic mass is 9.95. The number of rotatable bonds is 4. The molecule has 1 aliphatic heterocycles. The first-order valence-electron chi connectivity index (χ1n) is 8.82. The third-order valence-corrected chi connectivity index (χ3v) is 5.18. The van der Waals surface area contributed by atoms with Gasteiger partial charge in [0.2, 0.25) is 0 Å². The fourth-order valence-electron chi connectivity index (χ4n) is 3.60. The predicted octanol–water partition coefficient (Wildman–Crippen LogP) is 4.04. The van der Waals surface area contributed by atoms with Crippen LogP contribution in [-0.4, -0.2) is 19.1 Å². The lowest BCUT2D eigenvalue weighted by Gasteiger charge is -2.27. The Morgan fingerprint density at radius 1 is 1.15 bits per heavy atom. The maximum Gasteiger partial charge on any atom is 0.189 e. The summed E-state index contributed by atoms with van der Waals surface area (Å²) in [6.07, 6.45) is 2.20. The van der Waals surface area contributed by atoms with Gasteiger partial charge in [0.05, 0.1) is 19.2 Å². The molecule has 0 spiro atoms. The van der Waals surface area contributed by atoms with E-state index in [1.54, 1.807) is 0 Å². The molecule has 1 unspecified atom stereocenters. The maximum atomic E-state index is 14.1. The number of halogens is 3. The fraction of sp³-hybridized carbons (Fsp3) is 0.350. The Kier molecular flexibility index (Phi) is 5.88. The van der Waals surface area contributed by atoms with Gasteiger partial charge in [-0.15, -0.1) is 24.0 Å². The molecule has 3 N–H and O–H groups in total. The van der Waals surface area contributed by atoms with Crippen LogP contribution in [0.5, 0.6) is 5.75 Å². The number of hydrogen-bond donors (Lipinski definition) is 2. The van der Waals surface area contributed by atoms with E-state index in [-0.39, 0.29) is 48.1 Å². The molecule has 1 heterocycles. The van der Waals surface area contributed by atoms with Gasteiger partial charge in [0.15, 0.2) is 5.96 Å². The number of aliphatic imine (C=N–C) groups is 1. The van der Waals surface area contributed by atoms with Gasteiger partial charge in [0.25, 0.3) is 0 Å². The molecular formula is C20H22F2IN3O. The Morgan fingerprint density at radius 3 is 2.56 bits per heavy atom. The number of para-hydroxylation sites is 1. The molecule has 0 aromatic heterocycles. The highest BCUT2D eigenvalue weighted by Crippen LogP contribution is 2.50. The maximum absolute atomic E-state index is 14.1. The first-order valence-corrected chi connectivity index (χ1v) is 8.82. The zero-order chi connectivity index (χ0) is 18.1. The largest absolute Gasteiger partial charge is 0.493 e. The smallest absolute Gasteiger partial charge is 0.189 e. The van der Waals surface area contributed by atoms with Crippen molar-refractivity contribution in [2.75, 3.05) is 13.2 Å². The quantitative estimate of drug-likeness (QED) is 0.391. The highest BCUT2D eigenvalue weighted by molar-refractivity contribution is 14.0. The minimum Gasteiger partial charge on any atom is -0.493 e. The van der Waals surface area contributed by atoms with E-state index >= 15 is 0 Å². The van der Waals surface area contributed by atoms with Gasteiger partial charge in [-0.25, -0.2) is 8.78 Å². The summed E-state index contributed by atoms with van der Waals surface area (Å²) in [5, 5.41) is 3.22. The number of nitrogens with one attached hydrogen (secondary N) is 1. The number of nitrogens with two attached hydrogens (primary N) is 1. The van der Waals surface area contributed by atoms with Crippen molar-refractivity contribution in [2.45, 2.75) is 30.7 Å². The molecule has 4 rings (SSSR count). The second kappa shape index (κ2) is 8.00. The van der Waals surface area contributed by atoms with E-state index < -0.39 is 17.0 Å². The normalized spacial score (nSPS) is 20.1. The summed E-state index contributed by atoms with van der Waals surface area (Å²) in [6.45, 7) is 0.876. The molecule has 27 heavy (non-hydrogen) atoms. The van der Waals surface area contributed by atoms with Crippen LogP contribution < -0.4 is 15.8 Å². The SMILES string of the molecule is I.NC(=NCC1(c2c(F)cccc2F)CC1)NC1CCOc2ccccc21. The number of fused-ring (bicyclic) bond motifs is 1. The molecule has 2 aliphatic rings. The molecule has 0 radical (unpaired) electrons. The lowest BCUT2D eigenvalue weighted by Crippen LogP contribution is -2.38. The summed E-state index contributed by atoms with van der Waals surface area (Å²) in [5.74, 6) is 0.107. The molecule has 4 nitrogen and oxygen atoms in total. The van der Waals surface area contributed by atoms with E-state index in [2.05, 4.69) is 10.3 Å². The minimum atomic E-state index is -0.574. The van der Waals surface area contributed by atoms with E-state index in [9.17, 15) is 8.78 Å². The average Bonchev–Trinajstić information content (AvgIpc) is 3.41. The molecule has 0 saturated heterocycles. The number of ether oxygens (including phenoxy) is 1. The van der Waals surface area contributed by atoms with Crippen molar-refractivity contribution < 1.29 is 13.5 Å². The zero-order valence-electron chi connectivity index (χ0n) is 14.8. The summed E-state index contributed by atoms with van der Waals surface area (Å²) in [7, 11) is 0. The summed E-state index contributed by atoms with van der Waals surface area (Å²) in [6, 6.07) is 11.8. The summed E-state index contributed by atoms with van der Waals surface area (Å²) in [4.78, 5) is 4.39. The van der Waals surface area contributed by atoms with E-state index in [0.29, 0.717) is 19.4 Å². The number of hydrogen-bond acceptors (Lipinski definition) is 2. The fourth-order valence-corrected chi connectivity index (χ4v) is 3.60. The topological polar surface area (TPSA) is 59.6 Å². The van der Waals surface area contributed by atoms with Gasteiger partial charge < -0.3 is 15.8 Å². The highest BCUT2D eigenvalue weighted by Gasteiger charge is 2.47. The molecule has 1 aliphatic carbocycles. The van der Waals surface area contributed by atoms with Gasteiger partial charge in [-0.05, 0) is 31.0 Å². The molecular weight excluding hydrogens is 463 g/mol. The van der Waals surface area contributed by atoms with Crippen LogP contribution in [0, 0.1) is 11.6 Å². The van der Waals surface area contributed by atoms with Gasteiger partial charge in [0, 0.05) is 23.0 Å². The molecule has 1 saturated carbocycles. The van der Waals surface area contributed by atoms with Crippen LogP contribution in [0.1, 0.15) is 36.4 Å². The van der Waals surface area contributed by atoms with Gasteiger partial charge in [-0.1, -0.05) is 24.3 Å². The molecule has 7 heteroatoms. The van der Waals surface area contributed by atoms with Crippen molar-refractivity contribution in [1.82, 2.24) is 5.32 Å². The van der Waals surface area contributed by atoms with Crippen molar-refractivity contribution in [3.05, 3.63) is 65.2 Å². The molecule has 0 amide bonds. The number of guanidine groups is 1. The Morgan fingerprint density at radius 2 is 1.85 bits per heavy atom. The van der Waals surface area contributed by atoms with Gasteiger partial charge in [-0.3, -0.25) is 4.99 Å². The molecule has 1 fully saturated rings. The van der Waals surface area contributed by atoms with E-state index in [4.69, 9.17) is 10.5 Å². The van der Waals surface area contributed by atoms with E-state index in [0.717, 1.165) is 17.7 Å². The lowest BCUT2D eigenvalue weighted by molar-refractivity contribution is 0.262. The van der Waals surface area contributed by atoms with Crippen molar-refractivity contribution in [3.8, 4) is 5.75 Å².